The van der Waals surface area contributed by atoms with Crippen molar-refractivity contribution in [1.29, 1.82) is 0 Å². The molecule has 0 aliphatic heterocycles. The molecule has 1 N–H and O–H groups in total. The number of nitrogens with zero attached hydrogens (tertiary/aromatic N) is 5. The van der Waals surface area contributed by atoms with Crippen LogP contribution in [-0.4, -0.2) is 39.2 Å². The molecule has 5 rings (SSSR count). The van der Waals surface area contributed by atoms with Gasteiger partial charge in [0.05, 0.1) is 11.7 Å². The number of pyridine rings is 1. The minimum Gasteiger partial charge on any atom is -0.444 e. The number of halogens is 2. The summed E-state index contributed by atoms with van der Waals surface area (Å²) in [6.07, 6.45) is 7.93. The number of oxazole rings is 1. The lowest BCUT2D eigenvalue weighted by Crippen LogP contribution is -2.20. The average molecular weight is 485 g/mol. The Balaban J connectivity index is 1.30. The fraction of sp³-hybridized carbons (Fsp3) is 0.520. The quantitative estimate of drug-likeness (QED) is 0.440. The van der Waals surface area contributed by atoms with Gasteiger partial charge in [0.15, 0.2) is 11.4 Å². The van der Waals surface area contributed by atoms with Gasteiger partial charge in [-0.15, -0.1) is 0 Å². The molecule has 3 heterocycles. The Morgan fingerprint density at radius 2 is 2.03 bits per heavy atom. The average Bonchev–Trinajstić information content (AvgIpc) is 3.34. The molecule has 0 unspecified atom stereocenters. The van der Waals surface area contributed by atoms with Crippen molar-refractivity contribution >= 4 is 17.4 Å². The predicted octanol–water partition coefficient (Wildman–Crippen LogP) is 5.72. The van der Waals surface area contributed by atoms with Gasteiger partial charge in [-0.05, 0) is 62.5 Å². The molecule has 3 aromatic rings. The summed E-state index contributed by atoms with van der Waals surface area (Å²) in [6.45, 7) is 3.14. The summed E-state index contributed by atoms with van der Waals surface area (Å²) >= 11 is 0. The first kappa shape index (κ1) is 23.4. The van der Waals surface area contributed by atoms with E-state index in [1.54, 1.807) is 16.9 Å². The first-order valence-corrected chi connectivity index (χ1v) is 12.2. The highest BCUT2D eigenvalue weighted by Crippen LogP contribution is 2.35. The second kappa shape index (κ2) is 9.75. The van der Waals surface area contributed by atoms with Gasteiger partial charge in [-0.3, -0.25) is 9.48 Å². The van der Waals surface area contributed by atoms with Gasteiger partial charge in [0.1, 0.15) is 12.1 Å². The first-order valence-electron chi connectivity index (χ1n) is 12.2. The van der Waals surface area contributed by atoms with Crippen molar-refractivity contribution in [2.75, 3.05) is 23.8 Å². The van der Waals surface area contributed by atoms with Crippen molar-refractivity contribution in [3.8, 4) is 11.5 Å². The Morgan fingerprint density at radius 3 is 2.74 bits per heavy atom. The lowest BCUT2D eigenvalue weighted by molar-refractivity contribution is 0.102. The third-order valence-electron chi connectivity index (χ3n) is 6.92. The summed E-state index contributed by atoms with van der Waals surface area (Å²) in [5.41, 5.74) is 0.257. The SMILES string of the molecule is CN(CC1CC1)c1cc(-c2nc(C(=O)Nc3cn([C@H]4CC[C@H](C)CC4)nc3C(F)F)co2)ccn1. The number of carbonyl (C=O) groups is 1. The number of amides is 1. The van der Waals surface area contributed by atoms with Crippen LogP contribution in [0.15, 0.2) is 35.2 Å². The molecule has 0 bridgehead atoms. The molecule has 35 heavy (non-hydrogen) atoms. The zero-order valence-electron chi connectivity index (χ0n) is 20.0. The van der Waals surface area contributed by atoms with Gasteiger partial charge in [-0.1, -0.05) is 6.92 Å². The number of aromatic nitrogens is 4. The summed E-state index contributed by atoms with van der Waals surface area (Å²) < 4.78 is 34.4. The Labute approximate surface area is 202 Å². The third-order valence-corrected chi connectivity index (χ3v) is 6.92. The Hall–Kier alpha value is -3.30. The van der Waals surface area contributed by atoms with Crippen molar-refractivity contribution < 1.29 is 18.0 Å². The fourth-order valence-corrected chi connectivity index (χ4v) is 4.60. The summed E-state index contributed by atoms with van der Waals surface area (Å²) in [5, 5.41) is 6.66. The second-order valence-electron chi connectivity index (χ2n) is 9.84. The van der Waals surface area contributed by atoms with Gasteiger partial charge < -0.3 is 14.6 Å². The maximum absolute atomic E-state index is 13.7. The van der Waals surface area contributed by atoms with Gasteiger partial charge in [0.25, 0.3) is 12.3 Å². The van der Waals surface area contributed by atoms with Gasteiger partial charge in [-0.2, -0.15) is 5.10 Å². The van der Waals surface area contributed by atoms with E-state index in [0.717, 1.165) is 38.0 Å². The van der Waals surface area contributed by atoms with Crippen LogP contribution in [0.2, 0.25) is 0 Å². The molecule has 2 aliphatic rings. The third kappa shape index (κ3) is 5.36. The summed E-state index contributed by atoms with van der Waals surface area (Å²) in [6, 6.07) is 3.68. The number of carbonyl (C=O) groups excluding carboxylic acids is 1. The van der Waals surface area contributed by atoms with Crippen LogP contribution in [-0.2, 0) is 0 Å². The fourth-order valence-electron chi connectivity index (χ4n) is 4.60. The Bertz CT molecular complexity index is 1180. The molecular formula is C25H30F2N6O2. The molecule has 0 saturated heterocycles. The number of anilines is 2. The van der Waals surface area contributed by atoms with E-state index in [0.29, 0.717) is 17.4 Å². The maximum Gasteiger partial charge on any atom is 0.284 e. The van der Waals surface area contributed by atoms with Crippen molar-refractivity contribution in [1.82, 2.24) is 19.7 Å². The van der Waals surface area contributed by atoms with E-state index in [2.05, 4.69) is 32.2 Å². The van der Waals surface area contributed by atoms with Gasteiger partial charge in [-0.25, -0.2) is 18.7 Å². The van der Waals surface area contributed by atoms with Crippen LogP contribution < -0.4 is 10.2 Å². The summed E-state index contributed by atoms with van der Waals surface area (Å²) in [4.78, 5) is 23.6. The van der Waals surface area contributed by atoms with Gasteiger partial charge in [0.2, 0.25) is 5.89 Å². The second-order valence-corrected chi connectivity index (χ2v) is 9.84. The molecule has 2 aliphatic carbocycles. The lowest BCUT2D eigenvalue weighted by Gasteiger charge is -2.26. The molecule has 2 fully saturated rings. The topological polar surface area (TPSA) is 89.1 Å². The van der Waals surface area contributed by atoms with Crippen molar-refractivity contribution in [2.45, 2.75) is 57.9 Å². The minimum absolute atomic E-state index is 0.000991. The van der Waals surface area contributed by atoms with E-state index in [1.165, 1.54) is 25.3 Å². The Morgan fingerprint density at radius 1 is 1.26 bits per heavy atom. The monoisotopic (exact) mass is 484 g/mol. The molecule has 0 spiro atoms. The highest BCUT2D eigenvalue weighted by molar-refractivity contribution is 6.03. The van der Waals surface area contributed by atoms with Crippen LogP contribution in [0.3, 0.4) is 0 Å². The molecule has 10 heteroatoms. The molecule has 0 atom stereocenters. The van der Waals surface area contributed by atoms with Gasteiger partial charge >= 0.3 is 0 Å². The van der Waals surface area contributed by atoms with E-state index in [-0.39, 0.29) is 23.3 Å². The molecule has 0 radical (unpaired) electrons. The number of hydrogen-bond donors (Lipinski definition) is 1. The molecule has 0 aromatic carbocycles. The van der Waals surface area contributed by atoms with Crippen LogP contribution in [0.1, 0.15) is 74.1 Å². The van der Waals surface area contributed by atoms with Crippen molar-refractivity contribution in [3.05, 3.63) is 42.2 Å². The number of rotatable bonds is 8. The zero-order chi connectivity index (χ0) is 24.5. The van der Waals surface area contributed by atoms with Crippen LogP contribution >= 0.6 is 0 Å². The van der Waals surface area contributed by atoms with Crippen LogP contribution in [0, 0.1) is 11.8 Å². The normalized spacial score (nSPS) is 20.3. The van der Waals surface area contributed by atoms with E-state index in [1.807, 2.05) is 13.1 Å². The zero-order valence-corrected chi connectivity index (χ0v) is 20.0. The van der Waals surface area contributed by atoms with Crippen molar-refractivity contribution in [3.63, 3.8) is 0 Å². The molecule has 1 amide bonds. The molecular weight excluding hydrogens is 454 g/mol. The molecule has 186 valence electrons. The summed E-state index contributed by atoms with van der Waals surface area (Å²) in [7, 11) is 1.99. The molecule has 3 aromatic heterocycles. The van der Waals surface area contributed by atoms with E-state index < -0.39 is 18.0 Å². The van der Waals surface area contributed by atoms with E-state index in [4.69, 9.17) is 4.42 Å². The number of alkyl halides is 2. The first-order chi connectivity index (χ1) is 16.9. The largest absolute Gasteiger partial charge is 0.444 e. The highest BCUT2D eigenvalue weighted by Gasteiger charge is 2.27. The van der Waals surface area contributed by atoms with Crippen LogP contribution in [0.25, 0.3) is 11.5 Å². The van der Waals surface area contributed by atoms with E-state index >= 15 is 0 Å². The Kier molecular flexibility index (Phi) is 6.53. The minimum atomic E-state index is -2.80. The van der Waals surface area contributed by atoms with Crippen molar-refractivity contribution in [2.24, 2.45) is 11.8 Å². The smallest absolute Gasteiger partial charge is 0.284 e. The summed E-state index contributed by atoms with van der Waals surface area (Å²) in [5.74, 6) is 1.78. The highest BCUT2D eigenvalue weighted by atomic mass is 19.3. The van der Waals surface area contributed by atoms with Gasteiger partial charge in [0, 0.05) is 31.5 Å². The number of hydrogen-bond acceptors (Lipinski definition) is 6. The maximum atomic E-state index is 13.7. The lowest BCUT2D eigenvalue weighted by atomic mass is 9.87. The molecule has 2 saturated carbocycles. The van der Waals surface area contributed by atoms with Crippen LogP contribution in [0.4, 0.5) is 20.3 Å². The van der Waals surface area contributed by atoms with Crippen LogP contribution in [0.5, 0.6) is 0 Å². The molecule has 8 nitrogen and oxygen atoms in total. The van der Waals surface area contributed by atoms with E-state index in [9.17, 15) is 13.6 Å². The number of nitrogens with one attached hydrogen (secondary N) is 1. The standard InChI is InChI=1S/C25H30F2N6O2/c1-15-3-7-18(8-4-15)33-13-19(22(31-33)23(26)27)29-24(34)20-14-35-25(30-20)17-9-10-28-21(11-17)32(2)12-16-5-6-16/h9-11,13-16,18,23H,3-8,12H2,1-2H3,(H,29,34)/t15-,18-. The predicted molar refractivity (Wildman–Crippen MR) is 128 cm³/mol.